The zero-order valence-corrected chi connectivity index (χ0v) is 17.1. The van der Waals surface area contributed by atoms with E-state index in [4.69, 9.17) is 10.5 Å². The van der Waals surface area contributed by atoms with Crippen LogP contribution in [0, 0.1) is 6.92 Å². The maximum Gasteiger partial charge on any atom is 0.274 e. The molecule has 2 heterocycles. The molecule has 0 bridgehead atoms. The summed E-state index contributed by atoms with van der Waals surface area (Å²) in [6.45, 7) is 3.42. The second kappa shape index (κ2) is 9.56. The van der Waals surface area contributed by atoms with Gasteiger partial charge in [-0.15, -0.1) is 0 Å². The molecule has 1 aliphatic heterocycles. The van der Waals surface area contributed by atoms with Crippen molar-refractivity contribution in [3.8, 4) is 11.4 Å². The van der Waals surface area contributed by atoms with E-state index in [1.54, 1.807) is 24.1 Å². The monoisotopic (exact) mass is 399 g/mol. The number of methoxy groups -OCH3 is 1. The summed E-state index contributed by atoms with van der Waals surface area (Å²) in [5.41, 5.74) is 7.67. The number of carbonyl (C=O) groups excluding carboxylic acids is 2. The highest BCUT2D eigenvalue weighted by Gasteiger charge is 2.29. The Balaban J connectivity index is 1.76. The van der Waals surface area contributed by atoms with Gasteiger partial charge in [0.2, 0.25) is 5.91 Å². The highest BCUT2D eigenvalue weighted by molar-refractivity contribution is 5.92. The van der Waals surface area contributed by atoms with E-state index in [-0.39, 0.29) is 17.9 Å². The third-order valence-electron chi connectivity index (χ3n) is 5.18. The average Bonchev–Trinajstić information content (AvgIpc) is 3.22. The summed E-state index contributed by atoms with van der Waals surface area (Å²) in [5, 5.41) is 7.39. The van der Waals surface area contributed by atoms with Gasteiger partial charge in [0.25, 0.3) is 5.91 Å². The quantitative estimate of drug-likeness (QED) is 0.737. The van der Waals surface area contributed by atoms with Crippen LogP contribution in [0.3, 0.4) is 0 Å². The van der Waals surface area contributed by atoms with Gasteiger partial charge >= 0.3 is 0 Å². The van der Waals surface area contributed by atoms with Crippen molar-refractivity contribution in [2.75, 3.05) is 26.7 Å². The Labute approximate surface area is 171 Å². The van der Waals surface area contributed by atoms with E-state index in [1.165, 1.54) is 0 Å². The van der Waals surface area contributed by atoms with Crippen molar-refractivity contribution in [3.63, 3.8) is 0 Å². The number of hydrogen-bond acceptors (Lipinski definition) is 5. The Morgan fingerprint density at radius 2 is 2.14 bits per heavy atom. The van der Waals surface area contributed by atoms with Crippen LogP contribution >= 0.6 is 0 Å². The van der Waals surface area contributed by atoms with E-state index in [9.17, 15) is 9.59 Å². The van der Waals surface area contributed by atoms with Gasteiger partial charge in [0, 0.05) is 38.3 Å². The molecule has 2 amide bonds. The molecule has 8 heteroatoms. The third kappa shape index (κ3) is 4.95. The van der Waals surface area contributed by atoms with Crippen molar-refractivity contribution >= 4 is 11.8 Å². The molecule has 1 saturated heterocycles. The first kappa shape index (κ1) is 20.9. The van der Waals surface area contributed by atoms with Gasteiger partial charge in [-0.05, 0) is 49.9 Å². The van der Waals surface area contributed by atoms with Gasteiger partial charge in [-0.3, -0.25) is 9.59 Å². The summed E-state index contributed by atoms with van der Waals surface area (Å²) < 4.78 is 7.09. The van der Waals surface area contributed by atoms with Gasteiger partial charge in [0.1, 0.15) is 11.4 Å². The summed E-state index contributed by atoms with van der Waals surface area (Å²) in [6.07, 6.45) is 4.92. The molecule has 0 saturated carbocycles. The van der Waals surface area contributed by atoms with Gasteiger partial charge in [0.05, 0.1) is 7.11 Å². The smallest absolute Gasteiger partial charge is 0.274 e. The molecular formula is C21H29N5O3. The normalized spacial score (nSPS) is 16.5. The van der Waals surface area contributed by atoms with Crippen LogP contribution in [0.25, 0.3) is 5.69 Å². The maximum absolute atomic E-state index is 13.1. The third-order valence-corrected chi connectivity index (χ3v) is 5.18. The Morgan fingerprint density at radius 3 is 2.90 bits per heavy atom. The number of carbonyl (C=O) groups is 2. The van der Waals surface area contributed by atoms with Crippen molar-refractivity contribution in [1.29, 1.82) is 0 Å². The summed E-state index contributed by atoms with van der Waals surface area (Å²) in [6, 6.07) is 7.52. The molecule has 1 aromatic carbocycles. The number of nitrogens with two attached hydrogens (primary N) is 1. The van der Waals surface area contributed by atoms with E-state index in [1.807, 2.05) is 30.0 Å². The van der Waals surface area contributed by atoms with E-state index < -0.39 is 0 Å². The zero-order chi connectivity index (χ0) is 20.8. The van der Waals surface area contributed by atoms with Crippen molar-refractivity contribution in [3.05, 3.63) is 41.7 Å². The van der Waals surface area contributed by atoms with Crippen LogP contribution in [0.5, 0.6) is 5.75 Å². The van der Waals surface area contributed by atoms with Gasteiger partial charge in [-0.2, -0.15) is 5.10 Å². The minimum Gasteiger partial charge on any atom is -0.494 e. The fourth-order valence-electron chi connectivity index (χ4n) is 3.63. The van der Waals surface area contributed by atoms with Crippen molar-refractivity contribution in [2.24, 2.45) is 5.73 Å². The predicted octanol–water partition coefficient (Wildman–Crippen LogP) is 1.65. The largest absolute Gasteiger partial charge is 0.494 e. The molecule has 0 radical (unpaired) electrons. The lowest BCUT2D eigenvalue weighted by atomic mass is 10.0. The van der Waals surface area contributed by atoms with E-state index >= 15 is 0 Å². The molecule has 0 aliphatic carbocycles. The topological polar surface area (TPSA) is 102 Å². The highest BCUT2D eigenvalue weighted by atomic mass is 16.5. The number of likely N-dealkylation sites (tertiary alicyclic amines) is 1. The standard InChI is InChI=1S/C21H29N5O3/c1-15-6-7-19(29-2)18(13-15)26-12-9-17(24-26)21(28)25-11-4-3-5-16(25)14-23-20(27)8-10-22/h6-7,9,12-13,16H,3-5,8,10-11,14,22H2,1-2H3,(H,23,27). The number of aromatic nitrogens is 2. The van der Waals surface area contributed by atoms with Gasteiger partial charge in [0.15, 0.2) is 5.69 Å². The lowest BCUT2D eigenvalue weighted by Gasteiger charge is -2.35. The first-order chi connectivity index (χ1) is 14.0. The molecule has 0 spiro atoms. The van der Waals surface area contributed by atoms with Crippen LogP contribution < -0.4 is 15.8 Å². The minimum atomic E-state index is -0.117. The number of rotatable bonds is 7. The van der Waals surface area contributed by atoms with Crippen molar-refractivity contribution < 1.29 is 14.3 Å². The number of amides is 2. The zero-order valence-electron chi connectivity index (χ0n) is 17.1. The first-order valence-corrected chi connectivity index (χ1v) is 10.0. The summed E-state index contributed by atoms with van der Waals surface area (Å²) in [7, 11) is 1.61. The molecule has 3 rings (SSSR count). The van der Waals surface area contributed by atoms with Crippen molar-refractivity contribution in [1.82, 2.24) is 20.0 Å². The highest BCUT2D eigenvalue weighted by Crippen LogP contribution is 2.24. The Bertz CT molecular complexity index is 864. The second-order valence-corrected chi connectivity index (χ2v) is 7.31. The number of benzene rings is 1. The number of piperidine rings is 1. The van der Waals surface area contributed by atoms with Crippen LogP contribution in [-0.4, -0.2) is 59.3 Å². The molecule has 1 atom stereocenters. The lowest BCUT2D eigenvalue weighted by Crippen LogP contribution is -2.49. The summed E-state index contributed by atoms with van der Waals surface area (Å²) in [4.78, 5) is 26.7. The van der Waals surface area contributed by atoms with Crippen LogP contribution in [0.1, 0.15) is 41.7 Å². The molecular weight excluding hydrogens is 370 g/mol. The number of nitrogens with zero attached hydrogens (tertiary/aromatic N) is 3. The van der Waals surface area contributed by atoms with E-state index in [0.717, 1.165) is 30.5 Å². The lowest BCUT2D eigenvalue weighted by molar-refractivity contribution is -0.121. The fraction of sp³-hybridized carbons (Fsp3) is 0.476. The molecule has 2 aromatic rings. The molecule has 3 N–H and O–H groups in total. The Morgan fingerprint density at radius 1 is 1.31 bits per heavy atom. The fourth-order valence-corrected chi connectivity index (χ4v) is 3.63. The van der Waals surface area contributed by atoms with Crippen molar-refractivity contribution in [2.45, 2.75) is 38.6 Å². The molecule has 1 unspecified atom stereocenters. The maximum atomic E-state index is 13.1. The van der Waals surface area contributed by atoms with E-state index in [0.29, 0.717) is 37.5 Å². The Kier molecular flexibility index (Phi) is 6.87. The van der Waals surface area contributed by atoms with Crippen LogP contribution in [0.15, 0.2) is 30.5 Å². The summed E-state index contributed by atoms with van der Waals surface area (Å²) in [5.74, 6) is 0.491. The predicted molar refractivity (Wildman–Crippen MR) is 110 cm³/mol. The number of hydrogen-bond donors (Lipinski definition) is 2. The molecule has 156 valence electrons. The molecule has 1 fully saturated rings. The molecule has 8 nitrogen and oxygen atoms in total. The van der Waals surface area contributed by atoms with Crippen LogP contribution in [-0.2, 0) is 4.79 Å². The molecule has 1 aromatic heterocycles. The van der Waals surface area contributed by atoms with Crippen LogP contribution in [0.4, 0.5) is 0 Å². The minimum absolute atomic E-state index is 0.0309. The number of aryl methyl sites for hydroxylation is 1. The van der Waals surface area contributed by atoms with Gasteiger partial charge < -0.3 is 20.7 Å². The molecule has 29 heavy (non-hydrogen) atoms. The molecule has 1 aliphatic rings. The van der Waals surface area contributed by atoms with E-state index in [2.05, 4.69) is 10.4 Å². The Hall–Kier alpha value is -2.87. The first-order valence-electron chi connectivity index (χ1n) is 10.0. The number of nitrogens with one attached hydrogen (secondary N) is 1. The van der Waals surface area contributed by atoms with Gasteiger partial charge in [-0.25, -0.2) is 4.68 Å². The van der Waals surface area contributed by atoms with Gasteiger partial charge in [-0.1, -0.05) is 6.07 Å². The SMILES string of the molecule is COc1ccc(C)cc1-n1ccc(C(=O)N2CCCCC2CNC(=O)CCN)n1. The average molecular weight is 399 g/mol. The summed E-state index contributed by atoms with van der Waals surface area (Å²) >= 11 is 0. The second-order valence-electron chi connectivity index (χ2n) is 7.31. The number of ether oxygens (including phenoxy) is 1. The van der Waals surface area contributed by atoms with Crippen LogP contribution in [0.2, 0.25) is 0 Å².